The van der Waals surface area contributed by atoms with E-state index in [1.165, 1.54) is 24.3 Å². The zero-order chi connectivity index (χ0) is 13.1. The van der Waals surface area contributed by atoms with Crippen LogP contribution in [0.25, 0.3) is 0 Å². The summed E-state index contributed by atoms with van der Waals surface area (Å²) in [4.78, 5) is 0. The number of hydrogen-bond acceptors (Lipinski definition) is 1. The Balaban J connectivity index is 2.48. The Hall–Kier alpha value is -1.74. The summed E-state index contributed by atoms with van der Waals surface area (Å²) < 4.78 is 26.6. The first-order chi connectivity index (χ1) is 8.61. The highest BCUT2D eigenvalue weighted by atomic mass is 19.1. The minimum Gasteiger partial charge on any atom is -0.330 e. The van der Waals surface area contributed by atoms with Gasteiger partial charge in [-0.05, 0) is 47.9 Å². The molecule has 0 saturated heterocycles. The molecule has 3 heteroatoms. The summed E-state index contributed by atoms with van der Waals surface area (Å²) in [7, 11) is 0. The molecule has 94 valence electrons. The monoisotopic (exact) mass is 247 g/mol. The van der Waals surface area contributed by atoms with Crippen LogP contribution in [0.3, 0.4) is 0 Å². The summed E-state index contributed by atoms with van der Waals surface area (Å²) >= 11 is 0. The molecule has 0 aliphatic carbocycles. The van der Waals surface area contributed by atoms with Crippen molar-refractivity contribution in [2.45, 2.75) is 12.8 Å². The van der Waals surface area contributed by atoms with E-state index in [0.29, 0.717) is 6.54 Å². The molecule has 1 atom stereocenters. The number of halogens is 2. The molecule has 2 aromatic rings. The molecule has 0 aliphatic heterocycles. The predicted molar refractivity (Wildman–Crippen MR) is 68.4 cm³/mol. The zero-order valence-electron chi connectivity index (χ0n) is 10.2. The lowest BCUT2D eigenvalue weighted by atomic mass is 9.88. The smallest absolute Gasteiger partial charge is 0.123 e. The van der Waals surface area contributed by atoms with Crippen molar-refractivity contribution in [2.75, 3.05) is 6.54 Å². The van der Waals surface area contributed by atoms with Crippen molar-refractivity contribution in [3.8, 4) is 0 Å². The van der Waals surface area contributed by atoms with Gasteiger partial charge in [0.05, 0.1) is 0 Å². The van der Waals surface area contributed by atoms with Crippen molar-refractivity contribution in [3.63, 3.8) is 0 Å². The van der Waals surface area contributed by atoms with Crippen LogP contribution in [0.5, 0.6) is 0 Å². The molecule has 2 rings (SSSR count). The van der Waals surface area contributed by atoms with E-state index in [1.807, 2.05) is 13.0 Å². The first-order valence-corrected chi connectivity index (χ1v) is 5.83. The van der Waals surface area contributed by atoms with Crippen molar-refractivity contribution < 1.29 is 8.78 Å². The Kier molecular flexibility index (Phi) is 3.72. The minimum atomic E-state index is -0.306. The molecule has 0 spiro atoms. The number of rotatable bonds is 3. The SMILES string of the molecule is Cc1ccc(F)cc1C(CN)c1cccc(F)c1. The van der Waals surface area contributed by atoms with Crippen LogP contribution in [0.4, 0.5) is 8.78 Å². The molecule has 0 amide bonds. The van der Waals surface area contributed by atoms with Crippen LogP contribution >= 0.6 is 0 Å². The van der Waals surface area contributed by atoms with Crippen LogP contribution in [0.15, 0.2) is 42.5 Å². The molecule has 0 radical (unpaired) electrons. The number of nitrogens with two attached hydrogens (primary N) is 1. The van der Waals surface area contributed by atoms with E-state index in [2.05, 4.69) is 0 Å². The van der Waals surface area contributed by atoms with Crippen LogP contribution in [-0.2, 0) is 0 Å². The quantitative estimate of drug-likeness (QED) is 0.884. The summed E-state index contributed by atoms with van der Waals surface area (Å²) in [5, 5.41) is 0. The molecule has 2 aromatic carbocycles. The maximum absolute atomic E-state index is 13.3. The largest absolute Gasteiger partial charge is 0.330 e. The molecular weight excluding hydrogens is 232 g/mol. The zero-order valence-corrected chi connectivity index (χ0v) is 10.2. The van der Waals surface area contributed by atoms with Gasteiger partial charge in [0.15, 0.2) is 0 Å². The summed E-state index contributed by atoms with van der Waals surface area (Å²) in [5.41, 5.74) is 8.29. The fourth-order valence-electron chi connectivity index (χ4n) is 2.15. The third-order valence-electron chi connectivity index (χ3n) is 3.10. The van der Waals surface area contributed by atoms with Gasteiger partial charge in [-0.15, -0.1) is 0 Å². The van der Waals surface area contributed by atoms with Gasteiger partial charge < -0.3 is 5.73 Å². The van der Waals surface area contributed by atoms with E-state index >= 15 is 0 Å². The van der Waals surface area contributed by atoms with Crippen LogP contribution in [0.2, 0.25) is 0 Å². The molecule has 0 fully saturated rings. The molecule has 0 bridgehead atoms. The van der Waals surface area contributed by atoms with Gasteiger partial charge in [0.1, 0.15) is 11.6 Å². The predicted octanol–water partition coefficient (Wildman–Crippen LogP) is 3.36. The van der Waals surface area contributed by atoms with Gasteiger partial charge in [-0.2, -0.15) is 0 Å². The molecular formula is C15H15F2N. The third-order valence-corrected chi connectivity index (χ3v) is 3.10. The minimum absolute atomic E-state index is 0.184. The molecule has 0 aliphatic rings. The Labute approximate surface area is 105 Å². The molecule has 1 nitrogen and oxygen atoms in total. The lowest BCUT2D eigenvalue weighted by Crippen LogP contribution is -2.15. The van der Waals surface area contributed by atoms with Gasteiger partial charge in [0.2, 0.25) is 0 Å². The second-order valence-electron chi connectivity index (χ2n) is 4.34. The molecule has 1 unspecified atom stereocenters. The topological polar surface area (TPSA) is 26.0 Å². The maximum atomic E-state index is 13.3. The summed E-state index contributed by atoms with van der Waals surface area (Å²) in [5.74, 6) is -0.790. The Morgan fingerprint density at radius 3 is 2.44 bits per heavy atom. The molecule has 18 heavy (non-hydrogen) atoms. The Bertz CT molecular complexity index is 552. The van der Waals surface area contributed by atoms with Gasteiger partial charge in [0.25, 0.3) is 0 Å². The van der Waals surface area contributed by atoms with Crippen LogP contribution in [-0.4, -0.2) is 6.54 Å². The second-order valence-corrected chi connectivity index (χ2v) is 4.34. The van der Waals surface area contributed by atoms with E-state index in [4.69, 9.17) is 5.73 Å². The van der Waals surface area contributed by atoms with Crippen molar-refractivity contribution in [1.29, 1.82) is 0 Å². The van der Waals surface area contributed by atoms with Crippen LogP contribution in [0.1, 0.15) is 22.6 Å². The van der Waals surface area contributed by atoms with Crippen LogP contribution < -0.4 is 5.73 Å². The second kappa shape index (κ2) is 5.27. The average Bonchev–Trinajstić information content (AvgIpc) is 2.35. The molecule has 0 saturated carbocycles. The normalized spacial score (nSPS) is 12.4. The van der Waals surface area contributed by atoms with E-state index in [9.17, 15) is 8.78 Å². The fraction of sp³-hybridized carbons (Fsp3) is 0.200. The van der Waals surface area contributed by atoms with Gasteiger partial charge in [-0.3, -0.25) is 0 Å². The van der Waals surface area contributed by atoms with E-state index in [1.54, 1.807) is 12.1 Å². The van der Waals surface area contributed by atoms with Crippen molar-refractivity contribution in [2.24, 2.45) is 5.73 Å². The van der Waals surface area contributed by atoms with Gasteiger partial charge >= 0.3 is 0 Å². The highest BCUT2D eigenvalue weighted by Crippen LogP contribution is 2.27. The summed E-state index contributed by atoms with van der Waals surface area (Å²) in [6.45, 7) is 2.21. The molecule has 2 N–H and O–H groups in total. The highest BCUT2D eigenvalue weighted by Gasteiger charge is 2.15. The fourth-order valence-corrected chi connectivity index (χ4v) is 2.15. The summed E-state index contributed by atoms with van der Waals surface area (Å²) in [6, 6.07) is 10.9. The number of aryl methyl sites for hydroxylation is 1. The van der Waals surface area contributed by atoms with E-state index < -0.39 is 0 Å². The summed E-state index contributed by atoms with van der Waals surface area (Å²) in [6.07, 6.45) is 0. The van der Waals surface area contributed by atoms with E-state index in [-0.39, 0.29) is 17.6 Å². The van der Waals surface area contributed by atoms with Gasteiger partial charge in [-0.1, -0.05) is 18.2 Å². The van der Waals surface area contributed by atoms with Crippen molar-refractivity contribution in [3.05, 3.63) is 70.8 Å². The Morgan fingerprint density at radius 2 is 1.78 bits per heavy atom. The first kappa shape index (κ1) is 12.7. The first-order valence-electron chi connectivity index (χ1n) is 5.83. The molecule has 0 aromatic heterocycles. The lowest BCUT2D eigenvalue weighted by molar-refractivity contribution is 0.618. The van der Waals surface area contributed by atoms with Crippen molar-refractivity contribution >= 4 is 0 Å². The highest BCUT2D eigenvalue weighted by molar-refractivity contribution is 5.38. The van der Waals surface area contributed by atoms with Gasteiger partial charge in [0, 0.05) is 12.5 Å². The Morgan fingerprint density at radius 1 is 1.06 bits per heavy atom. The third kappa shape index (κ3) is 2.57. The maximum Gasteiger partial charge on any atom is 0.123 e. The number of hydrogen-bond donors (Lipinski definition) is 1. The van der Waals surface area contributed by atoms with Crippen LogP contribution in [0, 0.1) is 18.6 Å². The van der Waals surface area contributed by atoms with Gasteiger partial charge in [-0.25, -0.2) is 8.78 Å². The number of benzene rings is 2. The van der Waals surface area contributed by atoms with E-state index in [0.717, 1.165) is 16.7 Å². The average molecular weight is 247 g/mol. The lowest BCUT2D eigenvalue weighted by Gasteiger charge is -2.18. The van der Waals surface area contributed by atoms with Crippen molar-refractivity contribution in [1.82, 2.24) is 0 Å². The molecule has 0 heterocycles. The standard InChI is InChI=1S/C15H15F2N/c1-10-5-6-13(17)8-14(10)15(9-18)11-3-2-4-12(16)7-11/h2-8,15H,9,18H2,1H3.